The van der Waals surface area contributed by atoms with E-state index in [1.807, 2.05) is 0 Å². The van der Waals surface area contributed by atoms with E-state index in [9.17, 15) is 18.3 Å². The summed E-state index contributed by atoms with van der Waals surface area (Å²) in [6.07, 6.45) is -2.94. The number of nitrogens with one attached hydrogen (secondary N) is 1. The van der Waals surface area contributed by atoms with Gasteiger partial charge in [0.05, 0.1) is 30.4 Å². The molecule has 10 heteroatoms. The van der Waals surface area contributed by atoms with Gasteiger partial charge >= 0.3 is 6.18 Å². The van der Waals surface area contributed by atoms with Crippen molar-refractivity contribution >= 4 is 28.1 Å². The van der Waals surface area contributed by atoms with Gasteiger partial charge in [0.2, 0.25) is 0 Å². The van der Waals surface area contributed by atoms with Gasteiger partial charge in [0.1, 0.15) is 5.82 Å². The lowest BCUT2D eigenvalue weighted by atomic mass is 10.0. The first-order chi connectivity index (χ1) is 14.2. The Morgan fingerprint density at radius 2 is 1.97 bits per heavy atom. The molecule has 4 rings (SSSR count). The summed E-state index contributed by atoms with van der Waals surface area (Å²) in [5.74, 6) is 0.534. The standard InChI is InChI=1S/C20H18F3N5O2/c1-10(11-5-12(20(21,22)23)7-13(24)6-11)26-19-14-8-16(29)17(30-2)9-15(14)28-18(27-19)3-4-25-28/h3-10,29H,24H2,1-2H3,(H,26,27)/t10-/m1/s1. The maximum absolute atomic E-state index is 13.2. The Labute approximate surface area is 168 Å². The SMILES string of the molecule is COc1cc2c(cc1O)c(N[C@H](C)c1cc(N)cc(C(F)(F)F)c1)nc1ccnn12. The minimum absolute atomic E-state index is 0.0138. The van der Waals surface area contributed by atoms with Crippen LogP contribution in [-0.4, -0.2) is 26.8 Å². The molecule has 0 radical (unpaired) electrons. The Bertz CT molecular complexity index is 1250. The van der Waals surface area contributed by atoms with Crippen molar-refractivity contribution in [2.24, 2.45) is 0 Å². The number of phenolic OH excluding ortho intramolecular Hbond substituents is 1. The normalized spacial score (nSPS) is 13.0. The smallest absolute Gasteiger partial charge is 0.416 e. The Hall–Kier alpha value is -3.69. The first kappa shape index (κ1) is 19.6. The summed E-state index contributed by atoms with van der Waals surface area (Å²) >= 11 is 0. The van der Waals surface area contributed by atoms with Gasteiger partial charge in [-0.3, -0.25) is 0 Å². The third-order valence-electron chi connectivity index (χ3n) is 4.79. The molecule has 4 N–H and O–H groups in total. The van der Waals surface area contributed by atoms with Gasteiger partial charge in [0.25, 0.3) is 0 Å². The van der Waals surface area contributed by atoms with E-state index in [0.717, 1.165) is 12.1 Å². The van der Waals surface area contributed by atoms with Gasteiger partial charge in [-0.15, -0.1) is 0 Å². The Balaban J connectivity index is 1.82. The molecule has 0 aliphatic rings. The second kappa shape index (κ2) is 6.97. The molecule has 2 heterocycles. The first-order valence-electron chi connectivity index (χ1n) is 8.96. The van der Waals surface area contributed by atoms with Crippen LogP contribution in [-0.2, 0) is 6.18 Å². The van der Waals surface area contributed by atoms with E-state index in [0.29, 0.717) is 27.9 Å². The Morgan fingerprint density at radius 3 is 2.67 bits per heavy atom. The summed E-state index contributed by atoms with van der Waals surface area (Å²) in [7, 11) is 1.43. The molecule has 1 atom stereocenters. The molecule has 0 spiro atoms. The molecule has 156 valence electrons. The summed E-state index contributed by atoms with van der Waals surface area (Å²) < 4.78 is 46.2. The highest BCUT2D eigenvalue weighted by molar-refractivity contribution is 5.93. The summed E-state index contributed by atoms with van der Waals surface area (Å²) in [6.45, 7) is 1.70. The average Bonchev–Trinajstić information content (AvgIpc) is 3.15. The molecule has 0 amide bonds. The summed E-state index contributed by atoms with van der Waals surface area (Å²) in [5.41, 5.74) is 6.36. The lowest BCUT2D eigenvalue weighted by molar-refractivity contribution is -0.137. The number of halogens is 3. The van der Waals surface area contributed by atoms with Crippen LogP contribution in [0.2, 0.25) is 0 Å². The van der Waals surface area contributed by atoms with Gasteiger partial charge in [-0.1, -0.05) is 0 Å². The molecule has 0 aliphatic carbocycles. The van der Waals surface area contributed by atoms with Crippen LogP contribution in [0, 0.1) is 0 Å². The zero-order valence-corrected chi connectivity index (χ0v) is 16.0. The predicted molar refractivity (Wildman–Crippen MR) is 107 cm³/mol. The van der Waals surface area contributed by atoms with Gasteiger partial charge < -0.3 is 20.9 Å². The Morgan fingerprint density at radius 1 is 1.20 bits per heavy atom. The van der Waals surface area contributed by atoms with Crippen LogP contribution in [0.25, 0.3) is 16.6 Å². The minimum atomic E-state index is -4.51. The van der Waals surface area contributed by atoms with Crippen LogP contribution in [0.1, 0.15) is 24.1 Å². The number of methoxy groups -OCH3 is 1. The predicted octanol–water partition coefficient (Wildman–Crippen LogP) is 4.37. The fourth-order valence-corrected chi connectivity index (χ4v) is 3.32. The molecule has 0 unspecified atom stereocenters. The molecule has 0 fully saturated rings. The first-order valence-corrected chi connectivity index (χ1v) is 8.96. The molecular formula is C20H18F3N5O2. The number of alkyl halides is 3. The van der Waals surface area contributed by atoms with E-state index in [2.05, 4.69) is 15.4 Å². The number of ether oxygens (including phenoxy) is 1. The van der Waals surface area contributed by atoms with Crippen molar-refractivity contribution in [3.05, 3.63) is 53.7 Å². The molecule has 30 heavy (non-hydrogen) atoms. The number of rotatable bonds is 4. The number of phenols is 1. The van der Waals surface area contributed by atoms with Gasteiger partial charge in [0, 0.05) is 23.2 Å². The topological polar surface area (TPSA) is 97.7 Å². The molecule has 0 bridgehead atoms. The van der Waals surface area contributed by atoms with Gasteiger partial charge in [0.15, 0.2) is 17.1 Å². The van der Waals surface area contributed by atoms with E-state index >= 15 is 0 Å². The number of aromatic nitrogens is 3. The number of hydrogen-bond acceptors (Lipinski definition) is 6. The number of nitrogen functional groups attached to an aromatic ring is 1. The van der Waals surface area contributed by atoms with Crippen LogP contribution in [0.5, 0.6) is 11.5 Å². The summed E-state index contributed by atoms with van der Waals surface area (Å²) in [5, 5.41) is 18.1. The monoisotopic (exact) mass is 417 g/mol. The Kier molecular flexibility index (Phi) is 4.56. The van der Waals surface area contributed by atoms with Crippen molar-refractivity contribution in [3.63, 3.8) is 0 Å². The van der Waals surface area contributed by atoms with Crippen LogP contribution in [0.15, 0.2) is 42.6 Å². The lowest BCUT2D eigenvalue weighted by Crippen LogP contribution is -2.12. The van der Waals surface area contributed by atoms with Crippen molar-refractivity contribution in [1.29, 1.82) is 0 Å². The average molecular weight is 417 g/mol. The minimum Gasteiger partial charge on any atom is -0.504 e. The highest BCUT2D eigenvalue weighted by atomic mass is 19.4. The van der Waals surface area contributed by atoms with E-state index in [1.54, 1.807) is 29.8 Å². The summed E-state index contributed by atoms with van der Waals surface area (Å²) in [6, 6.07) is 7.65. The van der Waals surface area contributed by atoms with Gasteiger partial charge in [-0.05, 0) is 36.8 Å². The third-order valence-corrected chi connectivity index (χ3v) is 4.79. The highest BCUT2D eigenvalue weighted by Crippen LogP contribution is 2.36. The van der Waals surface area contributed by atoms with Gasteiger partial charge in [-0.25, -0.2) is 9.50 Å². The number of anilines is 2. The molecular weight excluding hydrogens is 399 g/mol. The largest absolute Gasteiger partial charge is 0.504 e. The fraction of sp³-hybridized carbons (Fsp3) is 0.200. The zero-order chi connectivity index (χ0) is 21.6. The van der Waals surface area contributed by atoms with Crippen LogP contribution in [0.4, 0.5) is 24.7 Å². The van der Waals surface area contributed by atoms with Gasteiger partial charge in [-0.2, -0.15) is 18.3 Å². The molecule has 0 aliphatic heterocycles. The van der Waals surface area contributed by atoms with E-state index in [-0.39, 0.29) is 17.2 Å². The number of benzene rings is 2. The fourth-order valence-electron chi connectivity index (χ4n) is 3.32. The number of nitrogens with zero attached hydrogens (tertiary/aromatic N) is 3. The third kappa shape index (κ3) is 3.40. The van der Waals surface area contributed by atoms with Crippen molar-refractivity contribution in [2.75, 3.05) is 18.2 Å². The number of hydrogen-bond donors (Lipinski definition) is 3. The van der Waals surface area contributed by atoms with E-state index in [1.165, 1.54) is 19.2 Å². The molecule has 2 aromatic heterocycles. The van der Waals surface area contributed by atoms with Crippen molar-refractivity contribution < 1.29 is 23.0 Å². The number of aromatic hydroxyl groups is 1. The van der Waals surface area contributed by atoms with Crippen LogP contribution < -0.4 is 15.8 Å². The highest BCUT2D eigenvalue weighted by Gasteiger charge is 2.31. The zero-order valence-electron chi connectivity index (χ0n) is 16.0. The maximum Gasteiger partial charge on any atom is 0.416 e. The second-order valence-corrected chi connectivity index (χ2v) is 6.85. The van der Waals surface area contributed by atoms with Crippen molar-refractivity contribution in [2.45, 2.75) is 19.1 Å². The second-order valence-electron chi connectivity index (χ2n) is 6.85. The van der Waals surface area contributed by atoms with Crippen LogP contribution in [0.3, 0.4) is 0 Å². The van der Waals surface area contributed by atoms with Crippen molar-refractivity contribution in [3.8, 4) is 11.5 Å². The van der Waals surface area contributed by atoms with E-state index in [4.69, 9.17) is 10.5 Å². The van der Waals surface area contributed by atoms with Crippen LogP contribution >= 0.6 is 0 Å². The molecule has 4 aromatic rings. The van der Waals surface area contributed by atoms with Crippen molar-refractivity contribution in [1.82, 2.24) is 14.6 Å². The number of nitrogens with two attached hydrogens (primary N) is 1. The molecule has 7 nitrogen and oxygen atoms in total. The van der Waals surface area contributed by atoms with E-state index < -0.39 is 17.8 Å². The number of fused-ring (bicyclic) bond motifs is 3. The maximum atomic E-state index is 13.2. The quantitative estimate of drug-likeness (QED) is 0.427. The summed E-state index contributed by atoms with van der Waals surface area (Å²) in [4.78, 5) is 4.50. The lowest BCUT2D eigenvalue weighted by Gasteiger charge is -2.19. The molecule has 0 saturated heterocycles. The molecule has 2 aromatic carbocycles. The molecule has 0 saturated carbocycles.